The van der Waals surface area contributed by atoms with Crippen LogP contribution in [0.3, 0.4) is 0 Å². The van der Waals surface area contributed by atoms with Crippen molar-refractivity contribution in [1.82, 2.24) is 18.9 Å². The van der Waals surface area contributed by atoms with Crippen molar-refractivity contribution in [3.63, 3.8) is 0 Å². The molecule has 2 aromatic carbocycles. The Morgan fingerprint density at radius 2 is 1.97 bits per heavy atom. The van der Waals surface area contributed by atoms with Crippen molar-refractivity contribution in [2.45, 2.75) is 17.7 Å². The van der Waals surface area contributed by atoms with E-state index in [1.165, 1.54) is 16.4 Å². The second kappa shape index (κ2) is 10.0. The first-order chi connectivity index (χ1) is 17.2. The quantitative estimate of drug-likeness (QED) is 0.374. The second-order valence-electron chi connectivity index (χ2n) is 8.90. The topological polar surface area (TPSA) is 79.6 Å². The van der Waals surface area contributed by atoms with Gasteiger partial charge in [-0.05, 0) is 48.5 Å². The molecular formula is C24H23BCl2FN5O2S. The molecular weight excluding hydrogens is 523 g/mol. The van der Waals surface area contributed by atoms with Crippen LogP contribution in [0.1, 0.15) is 12.8 Å². The van der Waals surface area contributed by atoms with Crippen LogP contribution in [0.25, 0.3) is 16.9 Å². The highest BCUT2D eigenvalue weighted by molar-refractivity contribution is 7.89. The first-order valence-corrected chi connectivity index (χ1v) is 13.7. The summed E-state index contributed by atoms with van der Waals surface area (Å²) in [6, 6.07) is 13.0. The lowest BCUT2D eigenvalue weighted by atomic mass is 9.99. The summed E-state index contributed by atoms with van der Waals surface area (Å²) in [4.78, 5) is 4.40. The summed E-state index contributed by atoms with van der Waals surface area (Å²) in [6.45, 7) is 1.13. The van der Waals surface area contributed by atoms with Crippen molar-refractivity contribution in [3.05, 3.63) is 70.6 Å². The molecule has 0 bridgehead atoms. The molecule has 4 aromatic rings. The first-order valence-electron chi connectivity index (χ1n) is 11.5. The van der Waals surface area contributed by atoms with E-state index >= 15 is 0 Å². The van der Waals surface area contributed by atoms with E-state index in [1.54, 1.807) is 10.7 Å². The van der Waals surface area contributed by atoms with Gasteiger partial charge in [0.1, 0.15) is 24.4 Å². The predicted octanol–water partition coefficient (Wildman–Crippen LogP) is 3.61. The standard InChI is InChI=1S/C24H23BCl2FN5O2S/c25-18-13-30-33-23(11-21(31-24(18)33)17-5-1-2-6-19(17)27)29-12-15-4-3-9-32(14-15)36(34,35)22-8-7-16(26)10-20(22)28/h1-2,5-8,10-11,13,15,29H,3-4,9,12,14,25H2. The Hall–Kier alpha value is -2.66. The molecule has 186 valence electrons. The fourth-order valence-corrected chi connectivity index (χ4v) is 6.48. The number of benzene rings is 2. The van der Waals surface area contributed by atoms with Gasteiger partial charge in [0.2, 0.25) is 10.0 Å². The van der Waals surface area contributed by atoms with E-state index in [1.807, 2.05) is 38.2 Å². The minimum absolute atomic E-state index is 0.0209. The van der Waals surface area contributed by atoms with E-state index in [-0.39, 0.29) is 22.4 Å². The number of aromatic nitrogens is 3. The van der Waals surface area contributed by atoms with Crippen LogP contribution < -0.4 is 10.8 Å². The second-order valence-corrected chi connectivity index (χ2v) is 11.6. The molecule has 0 spiro atoms. The fourth-order valence-electron chi connectivity index (χ4n) is 4.49. The molecule has 3 heterocycles. The van der Waals surface area contributed by atoms with Gasteiger partial charge in [0.15, 0.2) is 5.65 Å². The molecule has 1 fully saturated rings. The average molecular weight is 546 g/mol. The van der Waals surface area contributed by atoms with Gasteiger partial charge in [-0.25, -0.2) is 17.8 Å². The molecule has 12 heteroatoms. The van der Waals surface area contributed by atoms with Gasteiger partial charge in [-0.1, -0.05) is 41.4 Å². The highest BCUT2D eigenvalue weighted by atomic mass is 35.5. The van der Waals surface area contributed by atoms with Gasteiger partial charge in [-0.3, -0.25) is 0 Å². The van der Waals surface area contributed by atoms with Crippen molar-refractivity contribution >= 4 is 58.0 Å². The molecule has 7 nitrogen and oxygen atoms in total. The number of halogens is 3. The first kappa shape index (κ1) is 25.0. The highest BCUT2D eigenvalue weighted by Crippen LogP contribution is 2.30. The highest BCUT2D eigenvalue weighted by Gasteiger charge is 2.32. The van der Waals surface area contributed by atoms with E-state index in [0.717, 1.165) is 29.3 Å². The maximum Gasteiger partial charge on any atom is 0.245 e. The summed E-state index contributed by atoms with van der Waals surface area (Å²) < 4.78 is 43.8. The van der Waals surface area contributed by atoms with Crippen LogP contribution in [-0.4, -0.2) is 54.8 Å². The number of hydrogen-bond acceptors (Lipinski definition) is 5. The van der Waals surface area contributed by atoms with Crippen molar-refractivity contribution in [3.8, 4) is 11.3 Å². The lowest BCUT2D eigenvalue weighted by molar-refractivity contribution is 0.274. The SMILES string of the molecule is Bc1cnn2c(NCC3CCCN(S(=O)(=O)c4ccc(Cl)cc4F)C3)cc(-c3ccccc3Cl)nc12. The number of anilines is 1. The third-order valence-corrected chi connectivity index (χ3v) is 8.83. The van der Waals surface area contributed by atoms with Crippen LogP contribution in [-0.2, 0) is 10.0 Å². The largest absolute Gasteiger partial charge is 0.370 e. The third-order valence-electron chi connectivity index (χ3n) is 6.36. The summed E-state index contributed by atoms with van der Waals surface area (Å²) in [5.41, 5.74) is 3.16. The Morgan fingerprint density at radius 1 is 1.17 bits per heavy atom. The van der Waals surface area contributed by atoms with E-state index in [9.17, 15) is 12.8 Å². The lowest BCUT2D eigenvalue weighted by Crippen LogP contribution is -2.42. The summed E-state index contributed by atoms with van der Waals surface area (Å²) in [6.07, 6.45) is 3.27. The number of rotatable bonds is 6. The number of hydrogen-bond donors (Lipinski definition) is 1. The van der Waals surface area contributed by atoms with Gasteiger partial charge < -0.3 is 5.32 Å². The van der Waals surface area contributed by atoms with Crippen LogP contribution in [0.2, 0.25) is 10.0 Å². The fraction of sp³-hybridized carbons (Fsp3) is 0.250. The number of sulfonamides is 1. The Morgan fingerprint density at radius 3 is 2.75 bits per heavy atom. The average Bonchev–Trinajstić information content (AvgIpc) is 3.23. The van der Waals surface area contributed by atoms with Gasteiger partial charge >= 0.3 is 0 Å². The Balaban J connectivity index is 1.38. The summed E-state index contributed by atoms with van der Waals surface area (Å²) in [5, 5.41) is 8.64. The molecule has 1 atom stereocenters. The molecule has 5 rings (SSSR count). The summed E-state index contributed by atoms with van der Waals surface area (Å²) in [7, 11) is -2.03. The molecule has 0 amide bonds. The molecule has 0 radical (unpaired) electrons. The van der Waals surface area contributed by atoms with E-state index in [4.69, 9.17) is 28.2 Å². The summed E-state index contributed by atoms with van der Waals surface area (Å²) in [5.74, 6) is -0.0950. The van der Waals surface area contributed by atoms with Crippen molar-refractivity contribution < 1.29 is 12.8 Å². The zero-order valence-corrected chi connectivity index (χ0v) is 21.8. The number of nitrogens with one attached hydrogen (secondary N) is 1. The van der Waals surface area contributed by atoms with Crippen molar-refractivity contribution in [2.75, 3.05) is 25.0 Å². The van der Waals surface area contributed by atoms with Crippen molar-refractivity contribution in [1.29, 1.82) is 0 Å². The van der Waals surface area contributed by atoms with Gasteiger partial charge in [0, 0.05) is 47.5 Å². The maximum absolute atomic E-state index is 14.4. The molecule has 1 saturated heterocycles. The van der Waals surface area contributed by atoms with Gasteiger partial charge in [0.25, 0.3) is 0 Å². The zero-order chi connectivity index (χ0) is 25.4. The molecule has 0 saturated carbocycles. The predicted molar refractivity (Wildman–Crippen MR) is 143 cm³/mol. The third kappa shape index (κ3) is 4.82. The normalized spacial score (nSPS) is 16.9. The molecule has 1 unspecified atom stereocenters. The maximum atomic E-state index is 14.4. The molecule has 1 N–H and O–H groups in total. The van der Waals surface area contributed by atoms with Crippen LogP contribution >= 0.6 is 23.2 Å². The van der Waals surface area contributed by atoms with E-state index in [0.29, 0.717) is 35.9 Å². The van der Waals surface area contributed by atoms with Crippen LogP contribution in [0.15, 0.2) is 59.6 Å². The zero-order valence-electron chi connectivity index (χ0n) is 19.5. The van der Waals surface area contributed by atoms with Crippen molar-refractivity contribution in [2.24, 2.45) is 5.92 Å². The smallest absolute Gasteiger partial charge is 0.245 e. The Labute approximate surface area is 219 Å². The summed E-state index contributed by atoms with van der Waals surface area (Å²) >= 11 is 12.2. The molecule has 2 aromatic heterocycles. The number of fused-ring (bicyclic) bond motifs is 1. The molecule has 36 heavy (non-hydrogen) atoms. The van der Waals surface area contributed by atoms with Crippen LogP contribution in [0.4, 0.5) is 10.2 Å². The van der Waals surface area contributed by atoms with E-state index < -0.39 is 15.8 Å². The number of nitrogens with zero attached hydrogens (tertiary/aromatic N) is 4. The minimum Gasteiger partial charge on any atom is -0.370 e. The molecule has 0 aliphatic carbocycles. The van der Waals surface area contributed by atoms with Gasteiger partial charge in [0.05, 0.1) is 5.69 Å². The molecule has 1 aliphatic heterocycles. The molecule has 1 aliphatic rings. The Kier molecular flexibility index (Phi) is 6.96. The number of piperidine rings is 1. The minimum atomic E-state index is -3.97. The van der Waals surface area contributed by atoms with Gasteiger partial charge in [-0.2, -0.15) is 13.9 Å². The lowest BCUT2D eigenvalue weighted by Gasteiger charge is -2.32. The van der Waals surface area contributed by atoms with Gasteiger partial charge in [-0.15, -0.1) is 0 Å². The van der Waals surface area contributed by atoms with Crippen LogP contribution in [0.5, 0.6) is 0 Å². The van der Waals surface area contributed by atoms with Crippen LogP contribution in [0, 0.1) is 11.7 Å². The van der Waals surface area contributed by atoms with E-state index in [2.05, 4.69) is 10.4 Å². The monoisotopic (exact) mass is 545 g/mol. The Bertz CT molecular complexity index is 1550.